The molecule has 0 amide bonds. The Morgan fingerprint density at radius 2 is 1.64 bits per heavy atom. The molecule has 0 N–H and O–H groups in total. The van der Waals surface area contributed by atoms with Crippen LogP contribution in [0.4, 0.5) is 18.9 Å². The maximum atomic E-state index is 13.5. The van der Waals surface area contributed by atoms with Gasteiger partial charge in [-0.15, -0.1) is 0 Å². The Morgan fingerprint density at radius 1 is 0.960 bits per heavy atom. The van der Waals surface area contributed by atoms with Gasteiger partial charge in [-0.3, -0.25) is 4.90 Å². The van der Waals surface area contributed by atoms with Crippen LogP contribution >= 0.6 is 0 Å². The normalized spacial score (nSPS) is 16.3. The fourth-order valence-corrected chi connectivity index (χ4v) is 2.78. The number of methoxy groups -OCH3 is 2. The third-order valence-corrected chi connectivity index (χ3v) is 4.15. The number of ether oxygens (including phenoxy) is 3. The first-order chi connectivity index (χ1) is 12.0. The van der Waals surface area contributed by atoms with Crippen LogP contribution in [0.1, 0.15) is 5.56 Å². The van der Waals surface area contributed by atoms with Crippen LogP contribution in [0.25, 0.3) is 0 Å². The number of piperazine rings is 1. The molecule has 1 saturated heterocycles. The van der Waals surface area contributed by atoms with Gasteiger partial charge in [0.1, 0.15) is 12.4 Å². The number of anilines is 1. The summed E-state index contributed by atoms with van der Waals surface area (Å²) < 4.78 is 55.7. The lowest BCUT2D eigenvalue weighted by Gasteiger charge is -2.37. The number of halogens is 3. The summed E-state index contributed by atoms with van der Waals surface area (Å²) in [4.78, 5) is 3.97. The molecule has 1 aliphatic rings. The highest BCUT2D eigenvalue weighted by molar-refractivity contribution is 5.58. The smallest absolute Gasteiger partial charge is 0.418 e. The molecule has 2 rings (SSSR count). The maximum Gasteiger partial charge on any atom is 0.418 e. The van der Waals surface area contributed by atoms with Gasteiger partial charge in [0, 0.05) is 52.6 Å². The number of alkyl halides is 3. The van der Waals surface area contributed by atoms with Gasteiger partial charge in [-0.05, 0) is 18.2 Å². The molecule has 0 radical (unpaired) electrons. The molecule has 1 heterocycles. The Bertz CT molecular complexity index is 532. The van der Waals surface area contributed by atoms with E-state index in [2.05, 4.69) is 4.90 Å². The SMILES string of the molecule is COCCOc1ccc(N2CCN(CCOC)CC2)c(C(F)(F)F)c1. The Labute approximate surface area is 146 Å². The lowest BCUT2D eigenvalue weighted by molar-refractivity contribution is -0.137. The Hall–Kier alpha value is -1.51. The summed E-state index contributed by atoms with van der Waals surface area (Å²) in [6.45, 7) is 4.49. The molecule has 0 saturated carbocycles. The van der Waals surface area contributed by atoms with Crippen molar-refractivity contribution in [2.45, 2.75) is 6.18 Å². The largest absolute Gasteiger partial charge is 0.491 e. The molecule has 1 aliphatic heterocycles. The molecule has 0 atom stereocenters. The van der Waals surface area contributed by atoms with E-state index in [1.165, 1.54) is 13.2 Å². The van der Waals surface area contributed by atoms with Crippen molar-refractivity contribution >= 4 is 5.69 Å². The van der Waals surface area contributed by atoms with Crippen molar-refractivity contribution in [3.05, 3.63) is 23.8 Å². The van der Waals surface area contributed by atoms with Crippen molar-refractivity contribution in [2.24, 2.45) is 0 Å². The number of hydrogen-bond donors (Lipinski definition) is 0. The summed E-state index contributed by atoms with van der Waals surface area (Å²) in [5.41, 5.74) is -0.453. The van der Waals surface area contributed by atoms with Crippen LogP contribution in [0.3, 0.4) is 0 Å². The van der Waals surface area contributed by atoms with Crippen molar-refractivity contribution in [3.63, 3.8) is 0 Å². The molecule has 5 nitrogen and oxygen atoms in total. The lowest BCUT2D eigenvalue weighted by atomic mass is 10.1. The van der Waals surface area contributed by atoms with E-state index < -0.39 is 11.7 Å². The van der Waals surface area contributed by atoms with Gasteiger partial charge in [-0.2, -0.15) is 13.2 Å². The average Bonchev–Trinajstić information content (AvgIpc) is 2.60. The summed E-state index contributed by atoms with van der Waals surface area (Å²) in [5, 5.41) is 0. The molecular weight excluding hydrogens is 337 g/mol. The predicted molar refractivity (Wildman–Crippen MR) is 89.3 cm³/mol. The van der Waals surface area contributed by atoms with Crippen molar-refractivity contribution < 1.29 is 27.4 Å². The highest BCUT2D eigenvalue weighted by Gasteiger charge is 2.36. The maximum absolute atomic E-state index is 13.5. The molecule has 25 heavy (non-hydrogen) atoms. The molecule has 0 aliphatic carbocycles. The van der Waals surface area contributed by atoms with Gasteiger partial charge < -0.3 is 19.1 Å². The Morgan fingerprint density at radius 3 is 2.24 bits per heavy atom. The average molecular weight is 362 g/mol. The Kier molecular flexibility index (Phi) is 7.34. The van der Waals surface area contributed by atoms with Gasteiger partial charge in [0.2, 0.25) is 0 Å². The predicted octanol–water partition coefficient (Wildman–Crippen LogP) is 2.50. The molecule has 142 valence electrons. The molecule has 0 aromatic heterocycles. The summed E-state index contributed by atoms with van der Waals surface area (Å²) >= 11 is 0. The zero-order valence-electron chi connectivity index (χ0n) is 14.6. The van der Waals surface area contributed by atoms with E-state index >= 15 is 0 Å². The molecule has 0 bridgehead atoms. The quantitative estimate of drug-likeness (QED) is 0.664. The highest BCUT2D eigenvalue weighted by atomic mass is 19.4. The second-order valence-electron chi connectivity index (χ2n) is 5.84. The summed E-state index contributed by atoms with van der Waals surface area (Å²) in [7, 11) is 3.15. The van der Waals surface area contributed by atoms with Crippen LogP contribution in [0.15, 0.2) is 18.2 Å². The van der Waals surface area contributed by atoms with E-state index in [1.807, 2.05) is 0 Å². The van der Waals surface area contributed by atoms with Crippen LogP contribution in [-0.2, 0) is 15.7 Å². The van der Waals surface area contributed by atoms with Gasteiger partial charge in [-0.25, -0.2) is 0 Å². The number of benzene rings is 1. The monoisotopic (exact) mass is 362 g/mol. The van der Waals surface area contributed by atoms with Gasteiger partial charge in [0.25, 0.3) is 0 Å². The zero-order chi connectivity index (χ0) is 18.3. The fourth-order valence-electron chi connectivity index (χ4n) is 2.78. The van der Waals surface area contributed by atoms with Gasteiger partial charge in [0.05, 0.1) is 18.8 Å². The number of hydrogen-bond acceptors (Lipinski definition) is 5. The van der Waals surface area contributed by atoms with Gasteiger partial charge in [0.15, 0.2) is 0 Å². The van der Waals surface area contributed by atoms with Crippen LogP contribution in [-0.4, -0.2) is 71.7 Å². The summed E-state index contributed by atoms with van der Waals surface area (Å²) in [6, 6.07) is 4.15. The standard InChI is InChI=1S/C17H25F3N2O3/c1-23-10-9-21-5-7-22(8-6-21)16-4-3-14(25-12-11-24-2)13-15(16)17(18,19)20/h3-4,13H,5-12H2,1-2H3. The minimum Gasteiger partial charge on any atom is -0.491 e. The number of rotatable bonds is 8. The van der Waals surface area contributed by atoms with E-state index in [0.29, 0.717) is 39.4 Å². The van der Waals surface area contributed by atoms with Crippen molar-refractivity contribution in [2.75, 3.05) is 71.7 Å². The van der Waals surface area contributed by atoms with E-state index in [1.54, 1.807) is 18.1 Å². The lowest BCUT2D eigenvalue weighted by Crippen LogP contribution is -2.47. The first-order valence-corrected chi connectivity index (χ1v) is 8.25. The molecule has 0 spiro atoms. The molecule has 0 unspecified atom stereocenters. The van der Waals surface area contributed by atoms with Crippen LogP contribution in [0.5, 0.6) is 5.75 Å². The second-order valence-corrected chi connectivity index (χ2v) is 5.84. The first-order valence-electron chi connectivity index (χ1n) is 8.25. The van der Waals surface area contributed by atoms with E-state index in [-0.39, 0.29) is 18.0 Å². The second kappa shape index (κ2) is 9.26. The first kappa shape index (κ1) is 19.8. The third-order valence-electron chi connectivity index (χ3n) is 4.15. The van der Waals surface area contributed by atoms with Crippen molar-refractivity contribution in [1.29, 1.82) is 0 Å². The van der Waals surface area contributed by atoms with Crippen molar-refractivity contribution in [3.8, 4) is 5.75 Å². The van der Waals surface area contributed by atoms with Gasteiger partial charge in [-0.1, -0.05) is 0 Å². The molecular formula is C17H25F3N2O3. The van der Waals surface area contributed by atoms with Crippen LogP contribution in [0.2, 0.25) is 0 Å². The van der Waals surface area contributed by atoms with Crippen LogP contribution < -0.4 is 9.64 Å². The molecule has 1 aromatic rings. The summed E-state index contributed by atoms with van der Waals surface area (Å²) in [5.74, 6) is 0.201. The topological polar surface area (TPSA) is 34.2 Å². The summed E-state index contributed by atoms with van der Waals surface area (Å²) in [6.07, 6.45) is -4.43. The number of nitrogens with zero attached hydrogens (tertiary/aromatic N) is 2. The highest BCUT2D eigenvalue weighted by Crippen LogP contribution is 2.39. The molecule has 1 fully saturated rings. The zero-order valence-corrected chi connectivity index (χ0v) is 14.6. The van der Waals surface area contributed by atoms with Crippen molar-refractivity contribution in [1.82, 2.24) is 4.90 Å². The minimum absolute atomic E-state index is 0.201. The van der Waals surface area contributed by atoms with E-state index in [4.69, 9.17) is 14.2 Å². The fraction of sp³-hybridized carbons (Fsp3) is 0.647. The third kappa shape index (κ3) is 5.76. The van der Waals surface area contributed by atoms with Gasteiger partial charge >= 0.3 is 6.18 Å². The molecule has 8 heteroatoms. The molecule has 1 aromatic carbocycles. The minimum atomic E-state index is -4.43. The van der Waals surface area contributed by atoms with E-state index in [9.17, 15) is 13.2 Å². The Balaban J connectivity index is 2.09. The van der Waals surface area contributed by atoms with E-state index in [0.717, 1.165) is 12.6 Å². The van der Waals surface area contributed by atoms with Crippen LogP contribution in [0, 0.1) is 0 Å².